The number of hydrogen-bond donors (Lipinski definition) is 2. The minimum absolute atomic E-state index is 0.0560. The van der Waals surface area contributed by atoms with E-state index in [0.717, 1.165) is 35.1 Å². The molecule has 1 aliphatic heterocycles. The predicted octanol–water partition coefficient (Wildman–Crippen LogP) is 2.08. The molecular formula is C21H26N3O2S+. The van der Waals surface area contributed by atoms with Crippen LogP contribution in [0.15, 0.2) is 52.3 Å². The van der Waals surface area contributed by atoms with Crippen molar-refractivity contribution in [3.63, 3.8) is 0 Å². The molecule has 0 fully saturated rings. The summed E-state index contributed by atoms with van der Waals surface area (Å²) in [5, 5.41) is 2.99. The summed E-state index contributed by atoms with van der Waals surface area (Å²) in [4.78, 5) is 30.3. The average Bonchev–Trinajstić information content (AvgIpc) is 2.80. The molecule has 0 radical (unpaired) electrons. The standard InChI is InChI=1S/C21H25N3O2S/c1-4-24(5-2)13-12-22-20(25)15-10-11-19-17(14-15)23(3)21(26)16-8-6-7-9-18(16)27-19/h6-11,14H,4-5,12-13H2,1-3H3,(H,22,25)/p+1. The quantitative estimate of drug-likeness (QED) is 0.802. The zero-order valence-electron chi connectivity index (χ0n) is 16.0. The van der Waals surface area contributed by atoms with Crippen LogP contribution in [0.5, 0.6) is 0 Å². The number of quaternary nitrogens is 1. The number of carbonyl (C=O) groups excluding carboxylic acids is 2. The van der Waals surface area contributed by atoms with E-state index in [1.807, 2.05) is 42.5 Å². The van der Waals surface area contributed by atoms with E-state index in [2.05, 4.69) is 19.2 Å². The van der Waals surface area contributed by atoms with Gasteiger partial charge in [0.05, 0.1) is 37.4 Å². The van der Waals surface area contributed by atoms with Crippen molar-refractivity contribution in [2.75, 3.05) is 38.1 Å². The van der Waals surface area contributed by atoms with Gasteiger partial charge in [-0.05, 0) is 44.2 Å². The molecule has 2 aromatic rings. The molecule has 142 valence electrons. The molecule has 2 N–H and O–H groups in total. The zero-order chi connectivity index (χ0) is 19.4. The Morgan fingerprint density at radius 3 is 2.59 bits per heavy atom. The summed E-state index contributed by atoms with van der Waals surface area (Å²) < 4.78 is 0. The minimum Gasteiger partial charge on any atom is -0.346 e. The van der Waals surface area contributed by atoms with Crippen molar-refractivity contribution >= 4 is 29.3 Å². The van der Waals surface area contributed by atoms with Crippen LogP contribution in [-0.4, -0.2) is 45.0 Å². The fourth-order valence-corrected chi connectivity index (χ4v) is 4.29. The number of nitrogens with zero attached hydrogens (tertiary/aromatic N) is 1. The Morgan fingerprint density at radius 2 is 1.85 bits per heavy atom. The largest absolute Gasteiger partial charge is 0.346 e. The van der Waals surface area contributed by atoms with Crippen LogP contribution in [0.3, 0.4) is 0 Å². The molecule has 0 unspecified atom stereocenters. The van der Waals surface area contributed by atoms with Crippen molar-refractivity contribution in [2.45, 2.75) is 23.6 Å². The van der Waals surface area contributed by atoms with Crippen molar-refractivity contribution < 1.29 is 14.5 Å². The second-order valence-corrected chi connectivity index (χ2v) is 7.69. The Labute approximate surface area is 164 Å². The molecule has 0 saturated heterocycles. The number of carbonyl (C=O) groups is 2. The molecule has 0 aromatic heterocycles. The molecule has 1 aliphatic rings. The maximum absolute atomic E-state index is 12.8. The van der Waals surface area contributed by atoms with E-state index in [0.29, 0.717) is 17.7 Å². The van der Waals surface area contributed by atoms with E-state index in [1.165, 1.54) is 4.90 Å². The molecule has 27 heavy (non-hydrogen) atoms. The summed E-state index contributed by atoms with van der Waals surface area (Å²) in [6, 6.07) is 13.2. The third-order valence-corrected chi connectivity index (χ3v) is 6.13. The number of rotatable bonds is 6. The van der Waals surface area contributed by atoms with E-state index in [4.69, 9.17) is 0 Å². The van der Waals surface area contributed by atoms with Crippen LogP contribution in [0.25, 0.3) is 0 Å². The molecule has 0 saturated carbocycles. The van der Waals surface area contributed by atoms with E-state index in [1.54, 1.807) is 23.7 Å². The highest BCUT2D eigenvalue weighted by Crippen LogP contribution is 2.41. The molecular weight excluding hydrogens is 358 g/mol. The summed E-state index contributed by atoms with van der Waals surface area (Å²) in [5.74, 6) is -0.156. The molecule has 1 heterocycles. The van der Waals surface area contributed by atoms with Gasteiger partial charge in [-0.15, -0.1) is 0 Å². The van der Waals surface area contributed by atoms with Crippen molar-refractivity contribution in [2.24, 2.45) is 0 Å². The lowest BCUT2D eigenvalue weighted by Gasteiger charge is -2.18. The first kappa shape index (κ1) is 19.5. The second kappa shape index (κ2) is 8.59. The van der Waals surface area contributed by atoms with Crippen molar-refractivity contribution in [3.8, 4) is 0 Å². The maximum Gasteiger partial charge on any atom is 0.259 e. The Hall–Kier alpha value is -2.31. The summed E-state index contributed by atoms with van der Waals surface area (Å²) >= 11 is 1.56. The van der Waals surface area contributed by atoms with Crippen molar-refractivity contribution in [3.05, 3.63) is 53.6 Å². The van der Waals surface area contributed by atoms with Gasteiger partial charge in [-0.1, -0.05) is 23.9 Å². The first-order chi connectivity index (χ1) is 13.0. The highest BCUT2D eigenvalue weighted by molar-refractivity contribution is 7.99. The molecule has 0 atom stereocenters. The maximum atomic E-state index is 12.8. The SMILES string of the molecule is CC[NH+](CC)CCNC(=O)c1ccc2c(c1)N(C)C(=O)c1ccccc1S2. The van der Waals surface area contributed by atoms with Gasteiger partial charge in [-0.2, -0.15) is 0 Å². The summed E-state index contributed by atoms with van der Waals surface area (Å²) in [5.41, 5.74) is 2.03. The third-order valence-electron chi connectivity index (χ3n) is 4.99. The van der Waals surface area contributed by atoms with Crippen LogP contribution in [0, 0.1) is 0 Å². The Morgan fingerprint density at radius 1 is 1.11 bits per heavy atom. The third kappa shape index (κ3) is 4.17. The van der Waals surface area contributed by atoms with E-state index in [9.17, 15) is 9.59 Å². The fourth-order valence-electron chi connectivity index (χ4n) is 3.21. The molecule has 5 nitrogen and oxygen atoms in total. The zero-order valence-corrected chi connectivity index (χ0v) is 16.9. The van der Waals surface area contributed by atoms with E-state index >= 15 is 0 Å². The summed E-state index contributed by atoms with van der Waals surface area (Å²) in [7, 11) is 1.76. The summed E-state index contributed by atoms with van der Waals surface area (Å²) in [6.45, 7) is 7.95. The average molecular weight is 385 g/mol. The van der Waals surface area contributed by atoms with Crippen LogP contribution >= 0.6 is 11.8 Å². The van der Waals surface area contributed by atoms with Gasteiger partial charge in [-0.3, -0.25) is 9.59 Å². The smallest absolute Gasteiger partial charge is 0.259 e. The monoisotopic (exact) mass is 384 g/mol. The number of benzene rings is 2. The van der Waals surface area contributed by atoms with Gasteiger partial charge in [0.1, 0.15) is 0 Å². The van der Waals surface area contributed by atoms with Crippen LogP contribution < -0.4 is 15.1 Å². The van der Waals surface area contributed by atoms with Gasteiger partial charge >= 0.3 is 0 Å². The lowest BCUT2D eigenvalue weighted by molar-refractivity contribution is -0.895. The molecule has 0 aliphatic carbocycles. The molecule has 3 rings (SSSR count). The Bertz CT molecular complexity index is 849. The van der Waals surface area contributed by atoms with Gasteiger partial charge in [0, 0.05) is 22.4 Å². The predicted molar refractivity (Wildman–Crippen MR) is 109 cm³/mol. The number of anilines is 1. The van der Waals surface area contributed by atoms with Crippen LogP contribution in [-0.2, 0) is 0 Å². The topological polar surface area (TPSA) is 53.9 Å². The van der Waals surface area contributed by atoms with E-state index < -0.39 is 0 Å². The molecule has 2 aromatic carbocycles. The van der Waals surface area contributed by atoms with Gasteiger partial charge in [0.15, 0.2) is 0 Å². The second-order valence-electron chi connectivity index (χ2n) is 6.61. The van der Waals surface area contributed by atoms with Gasteiger partial charge in [0.2, 0.25) is 0 Å². The van der Waals surface area contributed by atoms with Gasteiger partial charge in [0.25, 0.3) is 11.8 Å². The van der Waals surface area contributed by atoms with Crippen LogP contribution in [0.2, 0.25) is 0 Å². The first-order valence-electron chi connectivity index (χ1n) is 9.35. The fraction of sp³-hybridized carbons (Fsp3) is 0.333. The molecule has 6 heteroatoms. The normalized spacial score (nSPS) is 13.2. The number of nitrogens with one attached hydrogen (secondary N) is 2. The molecule has 2 amide bonds. The highest BCUT2D eigenvalue weighted by atomic mass is 32.2. The van der Waals surface area contributed by atoms with Crippen LogP contribution in [0.4, 0.5) is 5.69 Å². The Kier molecular flexibility index (Phi) is 6.19. The molecule has 0 bridgehead atoms. The number of hydrogen-bond acceptors (Lipinski definition) is 3. The van der Waals surface area contributed by atoms with E-state index in [-0.39, 0.29) is 11.8 Å². The van der Waals surface area contributed by atoms with Gasteiger partial charge in [-0.25, -0.2) is 0 Å². The number of likely N-dealkylation sites (N-methyl/N-ethyl adjacent to an activating group) is 1. The Balaban J connectivity index is 1.79. The van der Waals surface area contributed by atoms with Gasteiger partial charge < -0.3 is 15.1 Å². The van der Waals surface area contributed by atoms with Crippen molar-refractivity contribution in [1.29, 1.82) is 0 Å². The molecule has 0 spiro atoms. The minimum atomic E-state index is -0.100. The number of fused-ring (bicyclic) bond motifs is 2. The highest BCUT2D eigenvalue weighted by Gasteiger charge is 2.25. The van der Waals surface area contributed by atoms with Crippen molar-refractivity contribution in [1.82, 2.24) is 5.32 Å². The first-order valence-corrected chi connectivity index (χ1v) is 10.2. The lowest BCUT2D eigenvalue weighted by atomic mass is 10.1. The lowest BCUT2D eigenvalue weighted by Crippen LogP contribution is -3.12. The van der Waals surface area contributed by atoms with Crippen LogP contribution in [0.1, 0.15) is 34.6 Å². The summed E-state index contributed by atoms with van der Waals surface area (Å²) in [6.07, 6.45) is 0. The number of amides is 2.